The van der Waals surface area contributed by atoms with Crippen LogP contribution >= 0.6 is 11.8 Å². The molecule has 20 heavy (non-hydrogen) atoms. The highest BCUT2D eigenvalue weighted by atomic mass is 32.2. The molecule has 0 aromatic heterocycles. The van der Waals surface area contributed by atoms with E-state index in [0.29, 0.717) is 6.04 Å². The minimum absolute atomic E-state index is 0.633. The lowest BCUT2D eigenvalue weighted by atomic mass is 9.69. The number of hydrogen-bond acceptors (Lipinski definition) is 2. The van der Waals surface area contributed by atoms with Crippen LogP contribution in [0.25, 0.3) is 0 Å². The quantitative estimate of drug-likeness (QED) is 0.587. The zero-order valence-electron chi connectivity index (χ0n) is 14.5. The molecule has 1 N–H and O–H groups in total. The van der Waals surface area contributed by atoms with Crippen molar-refractivity contribution in [2.75, 3.05) is 18.1 Å². The topological polar surface area (TPSA) is 12.0 Å². The summed E-state index contributed by atoms with van der Waals surface area (Å²) in [5, 5.41) is 3.69. The van der Waals surface area contributed by atoms with Gasteiger partial charge in [-0.25, -0.2) is 0 Å². The van der Waals surface area contributed by atoms with Gasteiger partial charge in [0.15, 0.2) is 0 Å². The van der Waals surface area contributed by atoms with Crippen molar-refractivity contribution in [1.82, 2.24) is 5.32 Å². The predicted octanol–water partition coefficient (Wildman–Crippen LogP) is 5.21. The summed E-state index contributed by atoms with van der Waals surface area (Å²) >= 11 is 2.11. The van der Waals surface area contributed by atoms with Crippen molar-refractivity contribution in [2.45, 2.75) is 72.8 Å². The van der Waals surface area contributed by atoms with E-state index in [1.165, 1.54) is 50.2 Å². The summed E-state index contributed by atoms with van der Waals surface area (Å²) in [6.07, 6.45) is 7.28. The van der Waals surface area contributed by atoms with Crippen LogP contribution in [0, 0.1) is 23.7 Å². The van der Waals surface area contributed by atoms with Gasteiger partial charge in [0, 0.05) is 6.04 Å². The Balaban J connectivity index is 2.43. The molecule has 1 nitrogen and oxygen atoms in total. The van der Waals surface area contributed by atoms with Gasteiger partial charge in [-0.05, 0) is 73.8 Å². The summed E-state index contributed by atoms with van der Waals surface area (Å²) in [6, 6.07) is 0.633. The Morgan fingerprint density at radius 2 is 1.85 bits per heavy atom. The zero-order chi connectivity index (χ0) is 15.0. The molecule has 0 aliphatic heterocycles. The Morgan fingerprint density at radius 3 is 2.45 bits per heavy atom. The average molecular weight is 300 g/mol. The van der Waals surface area contributed by atoms with Gasteiger partial charge in [0.1, 0.15) is 0 Å². The molecular formula is C18H37NS. The molecule has 1 aliphatic rings. The van der Waals surface area contributed by atoms with E-state index in [-0.39, 0.29) is 0 Å². The molecule has 2 heteroatoms. The maximum atomic E-state index is 3.69. The van der Waals surface area contributed by atoms with Crippen LogP contribution in [-0.4, -0.2) is 24.1 Å². The first-order valence-corrected chi connectivity index (χ1v) is 10.0. The predicted molar refractivity (Wildman–Crippen MR) is 94.5 cm³/mol. The van der Waals surface area contributed by atoms with Crippen LogP contribution in [0.1, 0.15) is 66.7 Å². The number of nitrogens with one attached hydrogen (secondary N) is 1. The lowest BCUT2D eigenvalue weighted by Gasteiger charge is -2.38. The average Bonchev–Trinajstić information content (AvgIpc) is 2.41. The fourth-order valence-corrected chi connectivity index (χ4v) is 4.23. The van der Waals surface area contributed by atoms with Gasteiger partial charge in [-0.1, -0.05) is 34.6 Å². The maximum Gasteiger partial charge on any atom is 0.00104 e. The van der Waals surface area contributed by atoms with Crippen molar-refractivity contribution in [2.24, 2.45) is 23.7 Å². The second kappa shape index (κ2) is 10.1. The Hall–Kier alpha value is 0.310. The molecule has 0 heterocycles. The number of thioether (sulfide) groups is 1. The SMILES string of the molecule is CCSCCCC1CC(C(C)C)CCC1CNC(C)C. The van der Waals surface area contributed by atoms with Gasteiger partial charge in [0.2, 0.25) is 0 Å². The van der Waals surface area contributed by atoms with E-state index in [2.05, 4.69) is 51.7 Å². The Morgan fingerprint density at radius 1 is 1.10 bits per heavy atom. The smallest absolute Gasteiger partial charge is 0.00104 e. The van der Waals surface area contributed by atoms with E-state index in [1.807, 2.05) is 0 Å². The van der Waals surface area contributed by atoms with E-state index >= 15 is 0 Å². The van der Waals surface area contributed by atoms with Crippen molar-refractivity contribution < 1.29 is 0 Å². The normalized spacial score (nSPS) is 27.4. The summed E-state index contributed by atoms with van der Waals surface area (Å²) in [4.78, 5) is 0. The third-order valence-corrected chi connectivity index (χ3v) is 5.96. The fraction of sp³-hybridized carbons (Fsp3) is 1.00. The van der Waals surface area contributed by atoms with E-state index in [0.717, 1.165) is 23.7 Å². The summed E-state index contributed by atoms with van der Waals surface area (Å²) in [6.45, 7) is 12.9. The van der Waals surface area contributed by atoms with Gasteiger partial charge in [-0.15, -0.1) is 0 Å². The standard InChI is InChI=1S/C18H37NS/c1-6-20-11-7-8-17-12-16(14(2)3)9-10-18(17)13-19-15(4)5/h14-19H,6-13H2,1-5H3. The molecule has 0 radical (unpaired) electrons. The number of hydrogen-bond donors (Lipinski definition) is 1. The van der Waals surface area contributed by atoms with Crippen LogP contribution < -0.4 is 5.32 Å². The highest BCUT2D eigenvalue weighted by Gasteiger charge is 2.31. The van der Waals surface area contributed by atoms with Gasteiger partial charge in [0.05, 0.1) is 0 Å². The second-order valence-corrected chi connectivity index (χ2v) is 8.63. The first-order chi connectivity index (χ1) is 9.54. The minimum Gasteiger partial charge on any atom is -0.314 e. The van der Waals surface area contributed by atoms with E-state index in [9.17, 15) is 0 Å². The van der Waals surface area contributed by atoms with E-state index < -0.39 is 0 Å². The Kier molecular flexibility index (Phi) is 9.28. The van der Waals surface area contributed by atoms with Gasteiger partial charge >= 0.3 is 0 Å². The Bertz CT molecular complexity index is 240. The summed E-state index contributed by atoms with van der Waals surface area (Å²) in [5.41, 5.74) is 0. The lowest BCUT2D eigenvalue weighted by Crippen LogP contribution is -2.36. The fourth-order valence-electron chi connectivity index (χ4n) is 3.57. The number of rotatable bonds is 9. The largest absolute Gasteiger partial charge is 0.314 e. The molecule has 0 bridgehead atoms. The summed E-state index contributed by atoms with van der Waals surface area (Å²) in [5.74, 6) is 6.40. The molecule has 0 aromatic carbocycles. The van der Waals surface area contributed by atoms with Crippen LogP contribution in [0.15, 0.2) is 0 Å². The molecule has 0 aromatic rings. The molecular weight excluding hydrogens is 262 g/mol. The molecule has 1 saturated carbocycles. The van der Waals surface area contributed by atoms with Crippen LogP contribution in [0.2, 0.25) is 0 Å². The molecule has 0 amide bonds. The van der Waals surface area contributed by atoms with Crippen molar-refractivity contribution in [1.29, 1.82) is 0 Å². The summed E-state index contributed by atoms with van der Waals surface area (Å²) < 4.78 is 0. The molecule has 0 spiro atoms. The van der Waals surface area contributed by atoms with E-state index in [1.54, 1.807) is 0 Å². The van der Waals surface area contributed by atoms with Crippen molar-refractivity contribution in [3.8, 4) is 0 Å². The van der Waals surface area contributed by atoms with Crippen molar-refractivity contribution >= 4 is 11.8 Å². The van der Waals surface area contributed by atoms with Crippen LogP contribution in [0.3, 0.4) is 0 Å². The maximum absolute atomic E-state index is 3.69. The molecule has 1 fully saturated rings. The first kappa shape index (κ1) is 18.4. The van der Waals surface area contributed by atoms with Gasteiger partial charge < -0.3 is 5.32 Å². The van der Waals surface area contributed by atoms with Crippen molar-refractivity contribution in [3.63, 3.8) is 0 Å². The molecule has 1 aliphatic carbocycles. The van der Waals surface area contributed by atoms with Gasteiger partial charge in [-0.3, -0.25) is 0 Å². The van der Waals surface area contributed by atoms with Crippen LogP contribution in [-0.2, 0) is 0 Å². The highest BCUT2D eigenvalue weighted by Crippen LogP contribution is 2.39. The molecule has 0 saturated heterocycles. The molecule has 3 atom stereocenters. The zero-order valence-corrected chi connectivity index (χ0v) is 15.3. The minimum atomic E-state index is 0.633. The van der Waals surface area contributed by atoms with Crippen molar-refractivity contribution in [3.05, 3.63) is 0 Å². The Labute approximate surface area is 132 Å². The summed E-state index contributed by atoms with van der Waals surface area (Å²) in [7, 11) is 0. The van der Waals surface area contributed by atoms with Crippen LogP contribution in [0.5, 0.6) is 0 Å². The van der Waals surface area contributed by atoms with Gasteiger partial charge in [-0.2, -0.15) is 11.8 Å². The third-order valence-electron chi connectivity index (χ3n) is 4.98. The molecule has 3 unspecified atom stereocenters. The lowest BCUT2D eigenvalue weighted by molar-refractivity contribution is 0.136. The van der Waals surface area contributed by atoms with E-state index in [4.69, 9.17) is 0 Å². The third kappa shape index (κ3) is 6.85. The second-order valence-electron chi connectivity index (χ2n) is 7.24. The molecule has 120 valence electrons. The van der Waals surface area contributed by atoms with Crippen LogP contribution in [0.4, 0.5) is 0 Å². The first-order valence-electron chi connectivity index (χ1n) is 8.85. The monoisotopic (exact) mass is 299 g/mol. The van der Waals surface area contributed by atoms with Gasteiger partial charge in [0.25, 0.3) is 0 Å². The highest BCUT2D eigenvalue weighted by molar-refractivity contribution is 7.99. The molecule has 1 rings (SSSR count).